The number of methoxy groups -OCH3 is 1. The molecule has 0 bridgehead atoms. The van der Waals surface area contributed by atoms with E-state index in [1.807, 2.05) is 18.2 Å². The van der Waals surface area contributed by atoms with Gasteiger partial charge in [-0.1, -0.05) is 108 Å². The number of thiazole rings is 1. The normalized spacial score (nSPS) is 11.4. The number of fused-ring (bicyclic) bond motifs is 2. The lowest BCUT2D eigenvalue weighted by molar-refractivity contribution is 0.0601. The fourth-order valence-electron chi connectivity index (χ4n) is 6.29. The first-order valence-corrected chi connectivity index (χ1v) is 16.9. The van der Waals surface area contributed by atoms with Crippen LogP contribution in [0.5, 0.6) is 0 Å². The Morgan fingerprint density at radius 2 is 1.51 bits per heavy atom. The Bertz CT molecular complexity index is 2070. The van der Waals surface area contributed by atoms with Crippen LogP contribution in [0.3, 0.4) is 0 Å². The van der Waals surface area contributed by atoms with E-state index in [4.69, 9.17) is 14.7 Å². The third-order valence-electron chi connectivity index (χ3n) is 8.63. The number of hydrogen-bond acceptors (Lipinski definition) is 6. The Balaban J connectivity index is 1.23. The molecule has 2 heterocycles. The Morgan fingerprint density at radius 1 is 0.809 bits per heavy atom. The number of aromatic nitrogens is 3. The molecule has 0 aliphatic carbocycles. The van der Waals surface area contributed by atoms with Gasteiger partial charge in [-0.2, -0.15) is 0 Å². The summed E-state index contributed by atoms with van der Waals surface area (Å²) in [6, 6.07) is 43.9. The van der Waals surface area contributed by atoms with Crippen molar-refractivity contribution < 1.29 is 9.53 Å². The van der Waals surface area contributed by atoms with E-state index in [0.717, 1.165) is 70.1 Å². The second-order valence-corrected chi connectivity index (χ2v) is 12.6. The van der Waals surface area contributed by atoms with E-state index in [2.05, 4.69) is 119 Å². The molecule has 0 saturated heterocycles. The number of ether oxygens (including phenoxy) is 1. The SMILES string of the molecule is COC(=O)c1ccc2c(c1)nc(-c1cccc3nc(NCCCc4ccccc4)sc13)n2CCC(c1ccccc1)c1ccccc1. The van der Waals surface area contributed by atoms with Gasteiger partial charge < -0.3 is 14.6 Å². The Hall–Kier alpha value is -5.27. The minimum absolute atomic E-state index is 0.211. The molecule has 0 aliphatic rings. The van der Waals surface area contributed by atoms with Gasteiger partial charge in [0, 0.05) is 24.6 Å². The molecule has 0 amide bonds. The van der Waals surface area contributed by atoms with Gasteiger partial charge in [-0.05, 0) is 66.3 Å². The van der Waals surface area contributed by atoms with E-state index >= 15 is 0 Å². The molecule has 1 N–H and O–H groups in total. The molecule has 0 saturated carbocycles. The van der Waals surface area contributed by atoms with Crippen LogP contribution in [0.1, 0.15) is 45.8 Å². The monoisotopic (exact) mass is 636 g/mol. The first-order valence-electron chi connectivity index (χ1n) is 16.0. The van der Waals surface area contributed by atoms with Crippen molar-refractivity contribution in [3.8, 4) is 11.4 Å². The molecule has 6 nitrogen and oxygen atoms in total. The third kappa shape index (κ3) is 6.67. The highest BCUT2D eigenvalue weighted by Gasteiger charge is 2.21. The van der Waals surface area contributed by atoms with Crippen LogP contribution in [0.2, 0.25) is 0 Å². The number of benzene rings is 5. The summed E-state index contributed by atoms with van der Waals surface area (Å²) in [5.41, 5.74) is 8.11. The molecule has 0 aliphatic heterocycles. The maximum absolute atomic E-state index is 12.4. The molecule has 7 heteroatoms. The van der Waals surface area contributed by atoms with E-state index in [9.17, 15) is 4.79 Å². The molecule has 0 fully saturated rings. The van der Waals surface area contributed by atoms with Crippen molar-refractivity contribution >= 4 is 43.7 Å². The lowest BCUT2D eigenvalue weighted by Crippen LogP contribution is -2.08. The highest BCUT2D eigenvalue weighted by Crippen LogP contribution is 2.37. The smallest absolute Gasteiger partial charge is 0.337 e. The lowest BCUT2D eigenvalue weighted by Gasteiger charge is -2.20. The van der Waals surface area contributed by atoms with Crippen molar-refractivity contribution in [2.24, 2.45) is 0 Å². The summed E-state index contributed by atoms with van der Waals surface area (Å²) in [5.74, 6) is 0.707. The molecule has 234 valence electrons. The van der Waals surface area contributed by atoms with E-state index in [1.165, 1.54) is 23.8 Å². The number of hydrogen-bond donors (Lipinski definition) is 1. The van der Waals surface area contributed by atoms with E-state index < -0.39 is 0 Å². The van der Waals surface area contributed by atoms with Crippen molar-refractivity contribution in [3.05, 3.63) is 150 Å². The topological polar surface area (TPSA) is 69.0 Å². The molecule has 5 aromatic carbocycles. The van der Waals surface area contributed by atoms with Gasteiger partial charge in [0.25, 0.3) is 0 Å². The van der Waals surface area contributed by atoms with Crippen LogP contribution in [0.15, 0.2) is 127 Å². The van der Waals surface area contributed by atoms with Gasteiger partial charge in [-0.25, -0.2) is 14.8 Å². The lowest BCUT2D eigenvalue weighted by atomic mass is 9.88. The molecule has 7 aromatic rings. The number of carbonyl (C=O) groups is 1. The second kappa shape index (κ2) is 14.0. The Labute approximate surface area is 278 Å². The molecule has 47 heavy (non-hydrogen) atoms. The van der Waals surface area contributed by atoms with Crippen molar-refractivity contribution in [1.82, 2.24) is 14.5 Å². The quantitative estimate of drug-likeness (QED) is 0.107. The third-order valence-corrected chi connectivity index (χ3v) is 9.69. The van der Waals surface area contributed by atoms with Crippen molar-refractivity contribution in [3.63, 3.8) is 0 Å². The van der Waals surface area contributed by atoms with Gasteiger partial charge in [0.2, 0.25) is 0 Å². The standard InChI is InChI=1S/C40H36N4O2S/c1-46-39(45)31-22-23-36-35(27-31)42-38(44(36)26-24-32(29-16-7-3-8-17-29)30-18-9-4-10-19-30)33-20-11-21-34-37(33)47-40(43-34)41-25-12-15-28-13-5-2-6-14-28/h2-11,13-14,16-23,27,32H,12,15,24-26H2,1H3,(H,41,43). The van der Waals surface area contributed by atoms with E-state index in [1.54, 1.807) is 11.3 Å². The van der Waals surface area contributed by atoms with E-state index in [0.29, 0.717) is 5.56 Å². The van der Waals surface area contributed by atoms with E-state index in [-0.39, 0.29) is 11.9 Å². The summed E-state index contributed by atoms with van der Waals surface area (Å²) < 4.78 is 8.41. The first kappa shape index (κ1) is 30.4. The predicted octanol–water partition coefficient (Wildman–Crippen LogP) is 9.37. The summed E-state index contributed by atoms with van der Waals surface area (Å²) in [7, 11) is 1.40. The fourth-order valence-corrected chi connectivity index (χ4v) is 7.29. The first-order chi connectivity index (χ1) is 23.2. The summed E-state index contributed by atoms with van der Waals surface area (Å²) in [6.45, 7) is 1.58. The number of rotatable bonds is 12. The Morgan fingerprint density at radius 3 is 2.21 bits per heavy atom. The maximum atomic E-state index is 12.4. The van der Waals surface area contributed by atoms with Crippen LogP contribution in [-0.2, 0) is 17.7 Å². The largest absolute Gasteiger partial charge is 0.465 e. The average molecular weight is 637 g/mol. The zero-order chi connectivity index (χ0) is 32.0. The molecular weight excluding hydrogens is 601 g/mol. The molecule has 7 rings (SSSR count). The molecule has 0 radical (unpaired) electrons. The zero-order valence-electron chi connectivity index (χ0n) is 26.3. The number of carbonyl (C=O) groups excluding carboxylic acids is 1. The van der Waals surface area contributed by atoms with Crippen LogP contribution >= 0.6 is 11.3 Å². The van der Waals surface area contributed by atoms with Crippen LogP contribution in [0.25, 0.3) is 32.6 Å². The minimum atomic E-state index is -0.372. The van der Waals surface area contributed by atoms with Crippen molar-refractivity contribution in [2.75, 3.05) is 19.0 Å². The van der Waals surface area contributed by atoms with Crippen LogP contribution in [0, 0.1) is 0 Å². The average Bonchev–Trinajstić information content (AvgIpc) is 3.72. The maximum Gasteiger partial charge on any atom is 0.337 e. The second-order valence-electron chi connectivity index (χ2n) is 11.6. The van der Waals surface area contributed by atoms with Gasteiger partial charge in [0.15, 0.2) is 5.13 Å². The minimum Gasteiger partial charge on any atom is -0.465 e. The summed E-state index contributed by atoms with van der Waals surface area (Å²) in [4.78, 5) is 22.5. The highest BCUT2D eigenvalue weighted by atomic mass is 32.1. The van der Waals surface area contributed by atoms with Gasteiger partial charge >= 0.3 is 5.97 Å². The number of nitrogens with one attached hydrogen (secondary N) is 1. The number of anilines is 1. The van der Waals surface area contributed by atoms with Gasteiger partial charge in [0.1, 0.15) is 5.82 Å². The number of esters is 1. The summed E-state index contributed by atoms with van der Waals surface area (Å²) in [6.07, 6.45) is 2.92. The molecule has 2 aromatic heterocycles. The van der Waals surface area contributed by atoms with Gasteiger partial charge in [-0.15, -0.1) is 0 Å². The van der Waals surface area contributed by atoms with Crippen LogP contribution in [-0.4, -0.2) is 34.2 Å². The van der Waals surface area contributed by atoms with Crippen LogP contribution in [0.4, 0.5) is 5.13 Å². The van der Waals surface area contributed by atoms with Gasteiger partial charge in [-0.3, -0.25) is 0 Å². The number of aryl methyl sites for hydroxylation is 2. The molecule has 0 atom stereocenters. The summed E-state index contributed by atoms with van der Waals surface area (Å²) in [5, 5.41) is 4.46. The van der Waals surface area contributed by atoms with Gasteiger partial charge in [0.05, 0.1) is 33.9 Å². The Kier molecular flexibility index (Phi) is 9.06. The van der Waals surface area contributed by atoms with Crippen molar-refractivity contribution in [1.29, 1.82) is 0 Å². The predicted molar refractivity (Wildman–Crippen MR) is 192 cm³/mol. The number of nitrogens with zero attached hydrogens (tertiary/aromatic N) is 3. The molecular formula is C40H36N4O2S. The molecule has 0 unspecified atom stereocenters. The summed E-state index contributed by atoms with van der Waals surface area (Å²) >= 11 is 1.66. The highest BCUT2D eigenvalue weighted by molar-refractivity contribution is 7.22. The fraction of sp³-hybridized carbons (Fsp3) is 0.175. The number of imidazole rings is 1. The molecule has 0 spiro atoms. The van der Waals surface area contributed by atoms with Crippen LogP contribution < -0.4 is 5.32 Å². The van der Waals surface area contributed by atoms with Crippen molar-refractivity contribution in [2.45, 2.75) is 31.7 Å². The zero-order valence-corrected chi connectivity index (χ0v) is 27.1.